The van der Waals surface area contributed by atoms with E-state index < -0.39 is 5.60 Å². The Morgan fingerprint density at radius 2 is 1.55 bits per heavy atom. The second kappa shape index (κ2) is 4.64. The molecule has 0 spiro atoms. The summed E-state index contributed by atoms with van der Waals surface area (Å²) in [6.07, 6.45) is -0.264. The number of hydrogen-bond acceptors (Lipinski definition) is 3. The lowest BCUT2D eigenvalue weighted by molar-refractivity contribution is -0.124. The Morgan fingerprint density at radius 1 is 1.05 bits per heavy atom. The molecule has 2 rings (SSSR count). The average Bonchev–Trinajstić information content (AvgIpc) is 2.69. The van der Waals surface area contributed by atoms with Gasteiger partial charge < -0.3 is 15.0 Å². The summed E-state index contributed by atoms with van der Waals surface area (Å²) in [5.41, 5.74) is -0.661. The van der Waals surface area contributed by atoms with E-state index in [4.69, 9.17) is 4.74 Å². The monoisotopic (exact) mass is 282 g/mol. The summed E-state index contributed by atoms with van der Waals surface area (Å²) in [5, 5.41) is 3.02. The first-order valence-corrected chi connectivity index (χ1v) is 7.28. The number of rotatable bonds is 1. The summed E-state index contributed by atoms with van der Waals surface area (Å²) in [4.78, 5) is 25.8. The van der Waals surface area contributed by atoms with Gasteiger partial charge in [0.05, 0.1) is 0 Å². The van der Waals surface area contributed by atoms with Crippen molar-refractivity contribution in [2.24, 2.45) is 17.8 Å². The predicted molar refractivity (Wildman–Crippen MR) is 76.2 cm³/mol. The Balaban J connectivity index is 1.82. The van der Waals surface area contributed by atoms with Gasteiger partial charge in [-0.05, 0) is 53.4 Å². The lowest BCUT2D eigenvalue weighted by atomic mass is 10.1. The minimum Gasteiger partial charge on any atom is -0.444 e. The number of amides is 2. The highest BCUT2D eigenvalue weighted by molar-refractivity contribution is 5.83. The van der Waals surface area contributed by atoms with Crippen LogP contribution in [0.5, 0.6) is 0 Å². The number of ether oxygens (including phenoxy) is 1. The number of likely N-dealkylation sites (tertiary alicyclic amines) is 1. The molecule has 5 heteroatoms. The quantitative estimate of drug-likeness (QED) is 0.800. The number of piperidine rings is 1. The van der Waals surface area contributed by atoms with Gasteiger partial charge in [0.15, 0.2) is 0 Å². The van der Waals surface area contributed by atoms with Crippen molar-refractivity contribution in [2.75, 3.05) is 13.1 Å². The molecule has 1 saturated carbocycles. The second-order valence-electron chi connectivity index (χ2n) is 7.98. The molecule has 0 aromatic heterocycles. The Labute approximate surface area is 121 Å². The van der Waals surface area contributed by atoms with Gasteiger partial charge in [-0.1, -0.05) is 0 Å². The highest BCUT2D eigenvalue weighted by Crippen LogP contribution is 2.52. The van der Waals surface area contributed by atoms with Gasteiger partial charge in [-0.25, -0.2) is 4.79 Å². The van der Waals surface area contributed by atoms with Crippen molar-refractivity contribution in [3.05, 3.63) is 0 Å². The van der Waals surface area contributed by atoms with E-state index in [-0.39, 0.29) is 23.5 Å². The Bertz CT molecular complexity index is 382. The fourth-order valence-electron chi connectivity index (χ4n) is 2.84. The molecule has 114 valence electrons. The summed E-state index contributed by atoms with van der Waals surface area (Å²) in [5.74, 6) is 0.819. The van der Waals surface area contributed by atoms with E-state index in [1.165, 1.54) is 0 Å². The van der Waals surface area contributed by atoms with Crippen LogP contribution in [-0.4, -0.2) is 41.1 Å². The first kappa shape index (κ1) is 15.1. The van der Waals surface area contributed by atoms with E-state index in [1.807, 2.05) is 41.5 Å². The molecule has 2 fully saturated rings. The molecule has 1 saturated heterocycles. The van der Waals surface area contributed by atoms with E-state index in [0.717, 1.165) is 0 Å². The number of carbonyl (C=O) groups excluding carboxylic acids is 2. The van der Waals surface area contributed by atoms with Gasteiger partial charge in [0.2, 0.25) is 5.91 Å². The van der Waals surface area contributed by atoms with Gasteiger partial charge >= 0.3 is 6.09 Å². The first-order valence-electron chi connectivity index (χ1n) is 7.28. The molecular formula is C15H26N2O3. The zero-order valence-electron chi connectivity index (χ0n) is 13.3. The van der Waals surface area contributed by atoms with Crippen LogP contribution in [0.3, 0.4) is 0 Å². The third-order valence-electron chi connectivity index (χ3n) is 3.65. The third-order valence-corrected chi connectivity index (χ3v) is 3.65. The number of hydrogen-bond donors (Lipinski definition) is 1. The van der Waals surface area contributed by atoms with Crippen molar-refractivity contribution in [2.45, 2.75) is 52.7 Å². The van der Waals surface area contributed by atoms with Crippen LogP contribution in [0.4, 0.5) is 4.79 Å². The highest BCUT2D eigenvalue weighted by atomic mass is 16.6. The van der Waals surface area contributed by atoms with Crippen LogP contribution >= 0.6 is 0 Å². The standard InChI is InChI=1S/C15H26N2O3/c1-14(2,3)16-12(18)11-9-7-17(8-10(9)11)13(19)20-15(4,5)6/h9-11H,7-8H2,1-6H3,(H,16,18)/t9-,10?,11?/m1/s1. The van der Waals surface area contributed by atoms with E-state index in [0.29, 0.717) is 24.9 Å². The maximum absolute atomic E-state index is 12.1. The fourth-order valence-corrected chi connectivity index (χ4v) is 2.84. The molecule has 0 bridgehead atoms. The molecule has 5 nitrogen and oxygen atoms in total. The molecule has 2 unspecified atom stereocenters. The maximum Gasteiger partial charge on any atom is 0.410 e. The van der Waals surface area contributed by atoms with Crippen LogP contribution in [0.15, 0.2) is 0 Å². The largest absolute Gasteiger partial charge is 0.444 e. The molecular weight excluding hydrogens is 256 g/mol. The Kier molecular flexibility index (Phi) is 3.51. The lowest BCUT2D eigenvalue weighted by Gasteiger charge is -2.26. The van der Waals surface area contributed by atoms with Crippen LogP contribution in [0.2, 0.25) is 0 Å². The fraction of sp³-hybridized carbons (Fsp3) is 0.867. The molecule has 2 aliphatic rings. The average molecular weight is 282 g/mol. The SMILES string of the molecule is CC(C)(C)NC(=O)C1C2CN(C(=O)OC(C)(C)C)C[C@H]21. The van der Waals surface area contributed by atoms with Crippen LogP contribution < -0.4 is 5.32 Å². The summed E-state index contributed by atoms with van der Waals surface area (Å²) >= 11 is 0. The molecule has 0 aromatic rings. The minimum absolute atomic E-state index is 0.0768. The first-order chi connectivity index (χ1) is 8.98. The van der Waals surface area contributed by atoms with Crippen molar-refractivity contribution in [3.8, 4) is 0 Å². The Morgan fingerprint density at radius 3 is 1.95 bits per heavy atom. The van der Waals surface area contributed by atoms with Crippen molar-refractivity contribution in [3.63, 3.8) is 0 Å². The van der Waals surface area contributed by atoms with Crippen molar-refractivity contribution in [1.29, 1.82) is 0 Å². The van der Waals surface area contributed by atoms with Gasteiger partial charge in [0, 0.05) is 24.5 Å². The molecule has 0 radical (unpaired) electrons. The number of nitrogens with zero attached hydrogens (tertiary/aromatic N) is 1. The number of carbonyl (C=O) groups is 2. The van der Waals surface area contributed by atoms with Crippen molar-refractivity contribution >= 4 is 12.0 Å². The van der Waals surface area contributed by atoms with E-state index >= 15 is 0 Å². The van der Waals surface area contributed by atoms with Gasteiger partial charge in [-0.3, -0.25) is 4.79 Å². The number of nitrogens with one attached hydrogen (secondary N) is 1. The zero-order chi connectivity index (χ0) is 15.3. The van der Waals surface area contributed by atoms with Crippen LogP contribution in [-0.2, 0) is 9.53 Å². The smallest absolute Gasteiger partial charge is 0.410 e. The summed E-state index contributed by atoms with van der Waals surface area (Å²) in [7, 11) is 0. The van der Waals surface area contributed by atoms with Crippen molar-refractivity contribution < 1.29 is 14.3 Å². The van der Waals surface area contributed by atoms with E-state index in [1.54, 1.807) is 4.90 Å². The minimum atomic E-state index is -0.465. The topological polar surface area (TPSA) is 58.6 Å². The highest BCUT2D eigenvalue weighted by Gasteiger charge is 2.60. The number of fused-ring (bicyclic) bond motifs is 1. The molecule has 20 heavy (non-hydrogen) atoms. The van der Waals surface area contributed by atoms with E-state index in [2.05, 4.69) is 5.32 Å². The zero-order valence-corrected chi connectivity index (χ0v) is 13.3. The molecule has 3 atom stereocenters. The molecule has 2 amide bonds. The van der Waals surface area contributed by atoms with Gasteiger partial charge in [-0.2, -0.15) is 0 Å². The lowest BCUT2D eigenvalue weighted by Crippen LogP contribution is -2.44. The molecule has 1 aliphatic carbocycles. The summed E-state index contributed by atoms with van der Waals surface area (Å²) in [6.45, 7) is 12.8. The second-order valence-corrected chi connectivity index (χ2v) is 7.98. The van der Waals surface area contributed by atoms with Crippen LogP contribution in [0, 0.1) is 17.8 Å². The summed E-state index contributed by atoms with van der Waals surface area (Å²) < 4.78 is 5.35. The van der Waals surface area contributed by atoms with E-state index in [9.17, 15) is 9.59 Å². The van der Waals surface area contributed by atoms with Gasteiger partial charge in [0.25, 0.3) is 0 Å². The van der Waals surface area contributed by atoms with Crippen LogP contribution in [0.1, 0.15) is 41.5 Å². The molecule has 1 heterocycles. The Hall–Kier alpha value is -1.26. The molecule has 0 aromatic carbocycles. The summed E-state index contributed by atoms with van der Waals surface area (Å²) in [6, 6.07) is 0. The van der Waals surface area contributed by atoms with Crippen LogP contribution in [0.25, 0.3) is 0 Å². The maximum atomic E-state index is 12.1. The molecule has 1 N–H and O–H groups in total. The van der Waals surface area contributed by atoms with Gasteiger partial charge in [-0.15, -0.1) is 0 Å². The predicted octanol–water partition coefficient (Wildman–Crippen LogP) is 2.01. The third kappa shape index (κ3) is 3.44. The van der Waals surface area contributed by atoms with Gasteiger partial charge in [0.1, 0.15) is 5.60 Å². The van der Waals surface area contributed by atoms with Crippen molar-refractivity contribution in [1.82, 2.24) is 10.2 Å². The molecule has 1 aliphatic heterocycles. The normalized spacial score (nSPS) is 28.9.